The van der Waals surface area contributed by atoms with Gasteiger partial charge in [0.25, 0.3) is 5.91 Å². The molecule has 0 unspecified atom stereocenters. The molecule has 1 amide bonds. The maximum absolute atomic E-state index is 13.7. The van der Waals surface area contributed by atoms with Crippen LogP contribution in [0.2, 0.25) is 0 Å². The molecule has 2 aromatic carbocycles. The van der Waals surface area contributed by atoms with E-state index in [9.17, 15) is 18.4 Å². The largest absolute Gasteiger partial charge is 0.465 e. The number of amides is 1. The van der Waals surface area contributed by atoms with E-state index in [1.165, 1.54) is 0 Å². The molecule has 0 heterocycles. The van der Waals surface area contributed by atoms with Crippen molar-refractivity contribution in [2.75, 3.05) is 12.4 Å². The van der Waals surface area contributed by atoms with E-state index in [0.29, 0.717) is 11.6 Å². The van der Waals surface area contributed by atoms with Crippen LogP contribution in [0.3, 0.4) is 0 Å². The number of esters is 1. The van der Waals surface area contributed by atoms with Crippen molar-refractivity contribution in [1.82, 2.24) is 0 Å². The first-order valence-corrected chi connectivity index (χ1v) is 7.14. The molecule has 114 valence electrons. The topological polar surface area (TPSA) is 55.4 Å². The molecule has 0 aliphatic rings. The van der Waals surface area contributed by atoms with Crippen molar-refractivity contribution in [3.63, 3.8) is 0 Å². The highest BCUT2D eigenvalue weighted by Gasteiger charge is 2.18. The minimum absolute atomic E-state index is 0.300. The number of carbonyl (C=O) groups is 2. The van der Waals surface area contributed by atoms with Crippen LogP contribution in [0.4, 0.5) is 14.5 Å². The highest BCUT2D eigenvalue weighted by molar-refractivity contribution is 14.1. The summed E-state index contributed by atoms with van der Waals surface area (Å²) in [5.41, 5.74) is -0.442. The average molecular weight is 417 g/mol. The van der Waals surface area contributed by atoms with Crippen LogP contribution >= 0.6 is 22.6 Å². The van der Waals surface area contributed by atoms with E-state index in [0.717, 1.165) is 16.7 Å². The Hall–Kier alpha value is -2.03. The highest BCUT2D eigenvalue weighted by Crippen LogP contribution is 2.21. The van der Waals surface area contributed by atoms with Crippen LogP contribution in [0.15, 0.2) is 36.4 Å². The van der Waals surface area contributed by atoms with Crippen molar-refractivity contribution in [3.8, 4) is 0 Å². The first-order chi connectivity index (χ1) is 10.4. The van der Waals surface area contributed by atoms with Crippen molar-refractivity contribution >= 4 is 40.2 Å². The summed E-state index contributed by atoms with van der Waals surface area (Å²) in [6, 6.07) is 8.07. The number of nitrogens with one attached hydrogen (secondary N) is 1. The second kappa shape index (κ2) is 6.82. The van der Waals surface area contributed by atoms with Crippen LogP contribution in [0.5, 0.6) is 0 Å². The van der Waals surface area contributed by atoms with Crippen LogP contribution in [-0.4, -0.2) is 19.0 Å². The van der Waals surface area contributed by atoms with Crippen LogP contribution in [0, 0.1) is 15.2 Å². The highest BCUT2D eigenvalue weighted by atomic mass is 127. The Morgan fingerprint density at radius 3 is 2.50 bits per heavy atom. The van der Waals surface area contributed by atoms with E-state index in [1.54, 1.807) is 24.3 Å². The Kier molecular flexibility index (Phi) is 5.07. The summed E-state index contributed by atoms with van der Waals surface area (Å²) in [4.78, 5) is 23.5. The van der Waals surface area contributed by atoms with Gasteiger partial charge in [0.2, 0.25) is 0 Å². The molecule has 0 atom stereocenters. The van der Waals surface area contributed by atoms with Gasteiger partial charge in [0.1, 0.15) is 11.6 Å². The summed E-state index contributed by atoms with van der Waals surface area (Å²) < 4.78 is 32.5. The third-order valence-electron chi connectivity index (χ3n) is 2.80. The summed E-state index contributed by atoms with van der Waals surface area (Å²) >= 11 is 2.03. The maximum Gasteiger partial charge on any atom is 0.340 e. The molecule has 0 fully saturated rings. The SMILES string of the molecule is COC(=O)c1cc(NC(=O)c2cccc(I)c2)c(F)cc1F. The first kappa shape index (κ1) is 16.3. The minimum atomic E-state index is -1.06. The van der Waals surface area contributed by atoms with Gasteiger partial charge in [0, 0.05) is 15.2 Å². The monoisotopic (exact) mass is 417 g/mol. The van der Waals surface area contributed by atoms with Crippen LogP contribution in [-0.2, 0) is 4.74 Å². The van der Waals surface area contributed by atoms with Crippen molar-refractivity contribution in [1.29, 1.82) is 0 Å². The second-order valence-electron chi connectivity index (χ2n) is 4.27. The summed E-state index contributed by atoms with van der Waals surface area (Å²) in [7, 11) is 1.08. The van der Waals surface area contributed by atoms with Crippen molar-refractivity contribution in [3.05, 3.63) is 62.7 Å². The second-order valence-corrected chi connectivity index (χ2v) is 5.51. The number of methoxy groups -OCH3 is 1. The van der Waals surface area contributed by atoms with Gasteiger partial charge in [-0.1, -0.05) is 6.07 Å². The lowest BCUT2D eigenvalue weighted by Crippen LogP contribution is -2.15. The Labute approximate surface area is 138 Å². The zero-order valence-electron chi connectivity index (χ0n) is 11.3. The Bertz CT molecular complexity index is 750. The lowest BCUT2D eigenvalue weighted by atomic mass is 10.1. The molecule has 1 N–H and O–H groups in total. The molecule has 0 aromatic heterocycles. The van der Waals surface area contributed by atoms with Gasteiger partial charge in [-0.3, -0.25) is 4.79 Å². The van der Waals surface area contributed by atoms with Gasteiger partial charge < -0.3 is 10.1 Å². The van der Waals surface area contributed by atoms with E-state index >= 15 is 0 Å². The molecule has 0 aliphatic heterocycles. The molecule has 7 heteroatoms. The van der Waals surface area contributed by atoms with Gasteiger partial charge in [-0.05, 0) is 46.9 Å². The molecule has 0 radical (unpaired) electrons. The lowest BCUT2D eigenvalue weighted by molar-refractivity contribution is 0.0595. The number of hydrogen-bond donors (Lipinski definition) is 1. The Morgan fingerprint density at radius 2 is 1.86 bits per heavy atom. The van der Waals surface area contributed by atoms with E-state index in [1.807, 2.05) is 22.6 Å². The smallest absolute Gasteiger partial charge is 0.340 e. The third-order valence-corrected chi connectivity index (χ3v) is 3.47. The van der Waals surface area contributed by atoms with E-state index in [4.69, 9.17) is 0 Å². The van der Waals surface area contributed by atoms with Crippen molar-refractivity contribution < 1.29 is 23.1 Å². The predicted octanol–water partition coefficient (Wildman–Crippen LogP) is 3.61. The number of rotatable bonds is 3. The fourth-order valence-corrected chi connectivity index (χ4v) is 2.28. The summed E-state index contributed by atoms with van der Waals surface area (Å²) in [6.07, 6.45) is 0. The first-order valence-electron chi connectivity index (χ1n) is 6.06. The lowest BCUT2D eigenvalue weighted by Gasteiger charge is -2.09. The van der Waals surface area contributed by atoms with Crippen LogP contribution in [0.25, 0.3) is 0 Å². The Morgan fingerprint density at radius 1 is 1.14 bits per heavy atom. The fraction of sp³-hybridized carbons (Fsp3) is 0.0667. The van der Waals surface area contributed by atoms with E-state index in [2.05, 4.69) is 10.1 Å². The summed E-state index contributed by atoms with van der Waals surface area (Å²) in [5.74, 6) is -3.57. The molecule has 2 rings (SSSR count). The minimum Gasteiger partial charge on any atom is -0.465 e. The molecule has 22 heavy (non-hydrogen) atoms. The number of halogens is 3. The van der Waals surface area contributed by atoms with Gasteiger partial charge in [-0.2, -0.15) is 0 Å². The quantitative estimate of drug-likeness (QED) is 0.614. The number of anilines is 1. The van der Waals surface area contributed by atoms with Gasteiger partial charge in [-0.15, -0.1) is 0 Å². The zero-order valence-corrected chi connectivity index (χ0v) is 13.5. The molecule has 0 spiro atoms. The Balaban J connectivity index is 2.33. The van der Waals surface area contributed by atoms with Crippen LogP contribution in [0.1, 0.15) is 20.7 Å². The third kappa shape index (κ3) is 3.59. The molecule has 0 bridgehead atoms. The number of benzene rings is 2. The van der Waals surface area contributed by atoms with E-state index < -0.39 is 29.1 Å². The summed E-state index contributed by atoms with van der Waals surface area (Å²) in [6.45, 7) is 0. The number of hydrogen-bond acceptors (Lipinski definition) is 3. The van der Waals surface area contributed by atoms with Crippen molar-refractivity contribution in [2.24, 2.45) is 0 Å². The molecular formula is C15H10F2INO3. The predicted molar refractivity (Wildman–Crippen MR) is 84.8 cm³/mol. The zero-order chi connectivity index (χ0) is 16.3. The molecular weight excluding hydrogens is 407 g/mol. The maximum atomic E-state index is 13.7. The number of carbonyl (C=O) groups excluding carboxylic acids is 2. The van der Waals surface area contributed by atoms with Gasteiger partial charge >= 0.3 is 5.97 Å². The fourth-order valence-electron chi connectivity index (χ4n) is 1.74. The molecule has 0 aliphatic carbocycles. The van der Waals surface area contributed by atoms with Crippen molar-refractivity contribution in [2.45, 2.75) is 0 Å². The molecule has 0 saturated heterocycles. The number of ether oxygens (including phenoxy) is 1. The molecule has 4 nitrogen and oxygen atoms in total. The normalized spacial score (nSPS) is 10.2. The standard InChI is InChI=1S/C15H10F2INO3/c1-22-15(21)10-6-13(12(17)7-11(10)16)19-14(20)8-3-2-4-9(18)5-8/h2-7H,1H3,(H,19,20). The summed E-state index contributed by atoms with van der Waals surface area (Å²) in [5, 5.41) is 2.31. The van der Waals surface area contributed by atoms with Crippen LogP contribution < -0.4 is 5.32 Å². The van der Waals surface area contributed by atoms with Gasteiger partial charge in [0.05, 0.1) is 18.4 Å². The molecule has 0 saturated carbocycles. The van der Waals surface area contributed by atoms with Gasteiger partial charge in [0.15, 0.2) is 0 Å². The molecule has 2 aromatic rings. The average Bonchev–Trinajstić information content (AvgIpc) is 2.49. The van der Waals surface area contributed by atoms with E-state index in [-0.39, 0.29) is 5.69 Å². The van der Waals surface area contributed by atoms with Gasteiger partial charge in [-0.25, -0.2) is 13.6 Å².